The summed E-state index contributed by atoms with van der Waals surface area (Å²) in [5.74, 6) is -0.463. The van der Waals surface area contributed by atoms with Crippen LogP contribution in [0.15, 0.2) is 0 Å². The molecule has 0 radical (unpaired) electrons. The third-order valence-corrected chi connectivity index (χ3v) is 4.06. The fourth-order valence-electron chi connectivity index (χ4n) is 2.82. The van der Waals surface area contributed by atoms with Gasteiger partial charge in [-0.05, 0) is 17.8 Å². The molecule has 22 heavy (non-hydrogen) atoms. The Morgan fingerprint density at radius 1 is 1.41 bits per heavy atom. The van der Waals surface area contributed by atoms with Crippen LogP contribution in [0.25, 0.3) is 0 Å². The quantitative estimate of drug-likeness (QED) is 0.843. The highest BCUT2D eigenvalue weighted by Crippen LogP contribution is 2.27. The van der Waals surface area contributed by atoms with Crippen LogP contribution in [-0.2, 0) is 4.79 Å². The van der Waals surface area contributed by atoms with Gasteiger partial charge in [0.15, 0.2) is 0 Å². The van der Waals surface area contributed by atoms with Crippen LogP contribution < -0.4 is 5.73 Å². The summed E-state index contributed by atoms with van der Waals surface area (Å²) in [5, 5.41) is 0. The SMILES string of the molecule is CC(C)CN(CC(F)(F)F)C(=O)CN1CCC(N)C(C)(C)C1. The van der Waals surface area contributed by atoms with Crippen LogP contribution in [-0.4, -0.2) is 60.6 Å². The van der Waals surface area contributed by atoms with E-state index in [0.29, 0.717) is 13.1 Å². The second-order valence-electron chi connectivity index (χ2n) is 7.38. The molecule has 0 bridgehead atoms. The summed E-state index contributed by atoms with van der Waals surface area (Å²) in [4.78, 5) is 15.1. The monoisotopic (exact) mass is 323 g/mol. The van der Waals surface area contributed by atoms with Crippen LogP contribution in [0.5, 0.6) is 0 Å². The molecule has 0 saturated carbocycles. The van der Waals surface area contributed by atoms with Gasteiger partial charge in [0.2, 0.25) is 5.91 Å². The molecule has 1 atom stereocenters. The first-order valence-electron chi connectivity index (χ1n) is 7.73. The smallest absolute Gasteiger partial charge is 0.332 e. The van der Waals surface area contributed by atoms with Crippen molar-refractivity contribution in [3.8, 4) is 0 Å². The minimum Gasteiger partial charge on any atom is -0.332 e. The Morgan fingerprint density at radius 2 is 2.00 bits per heavy atom. The van der Waals surface area contributed by atoms with E-state index in [0.717, 1.165) is 11.3 Å². The number of hydrogen-bond acceptors (Lipinski definition) is 3. The van der Waals surface area contributed by atoms with Crippen molar-refractivity contribution in [2.24, 2.45) is 17.1 Å². The van der Waals surface area contributed by atoms with E-state index < -0.39 is 18.6 Å². The number of rotatable bonds is 5. The minimum absolute atomic E-state index is 0.00230. The number of nitrogens with zero attached hydrogens (tertiary/aromatic N) is 2. The van der Waals surface area contributed by atoms with Crippen molar-refractivity contribution in [1.29, 1.82) is 0 Å². The number of hydrogen-bond donors (Lipinski definition) is 1. The summed E-state index contributed by atoms with van der Waals surface area (Å²) in [6.07, 6.45) is -3.61. The highest BCUT2D eigenvalue weighted by Gasteiger charge is 2.36. The zero-order valence-corrected chi connectivity index (χ0v) is 13.9. The van der Waals surface area contributed by atoms with Crippen molar-refractivity contribution in [3.05, 3.63) is 0 Å². The molecule has 1 rings (SSSR count). The van der Waals surface area contributed by atoms with Crippen molar-refractivity contribution in [2.75, 3.05) is 32.7 Å². The number of piperidine rings is 1. The number of carbonyl (C=O) groups excluding carboxylic acids is 1. The number of alkyl halides is 3. The molecule has 0 aliphatic carbocycles. The van der Waals surface area contributed by atoms with Gasteiger partial charge in [-0.1, -0.05) is 27.7 Å². The largest absolute Gasteiger partial charge is 0.406 e. The van der Waals surface area contributed by atoms with Gasteiger partial charge in [0, 0.05) is 25.7 Å². The van der Waals surface area contributed by atoms with Gasteiger partial charge in [0.25, 0.3) is 0 Å². The molecule has 1 aliphatic heterocycles. The summed E-state index contributed by atoms with van der Waals surface area (Å²) in [6.45, 7) is 7.90. The second kappa shape index (κ2) is 7.17. The highest BCUT2D eigenvalue weighted by atomic mass is 19.4. The third-order valence-electron chi connectivity index (χ3n) is 4.06. The summed E-state index contributed by atoms with van der Waals surface area (Å²) >= 11 is 0. The standard InChI is InChI=1S/C15H28F3N3O/c1-11(2)7-21(10-15(16,17)18)13(22)8-20-6-5-12(19)14(3,4)9-20/h11-12H,5-10,19H2,1-4H3. The molecule has 0 spiro atoms. The van der Waals surface area contributed by atoms with Crippen molar-refractivity contribution in [3.63, 3.8) is 0 Å². The molecule has 0 aromatic rings. The number of carbonyl (C=O) groups is 1. The summed E-state index contributed by atoms with van der Waals surface area (Å²) in [7, 11) is 0. The van der Waals surface area contributed by atoms with Crippen molar-refractivity contribution < 1.29 is 18.0 Å². The molecule has 0 aromatic heterocycles. The van der Waals surface area contributed by atoms with E-state index in [1.165, 1.54) is 0 Å². The Labute approximate surface area is 130 Å². The Balaban J connectivity index is 2.66. The summed E-state index contributed by atoms with van der Waals surface area (Å²) in [5.41, 5.74) is 5.91. The zero-order valence-electron chi connectivity index (χ0n) is 13.9. The molecule has 1 fully saturated rings. The summed E-state index contributed by atoms with van der Waals surface area (Å²) < 4.78 is 37.9. The molecule has 1 saturated heterocycles. The van der Waals surface area contributed by atoms with E-state index in [1.54, 1.807) is 13.8 Å². The third kappa shape index (κ3) is 6.12. The van der Waals surface area contributed by atoms with E-state index >= 15 is 0 Å². The van der Waals surface area contributed by atoms with Crippen LogP contribution in [0, 0.1) is 11.3 Å². The van der Waals surface area contributed by atoms with Crippen LogP contribution in [0.3, 0.4) is 0 Å². The van der Waals surface area contributed by atoms with Crippen LogP contribution in [0.2, 0.25) is 0 Å². The van der Waals surface area contributed by atoms with Gasteiger partial charge in [-0.2, -0.15) is 13.2 Å². The zero-order chi connectivity index (χ0) is 17.1. The van der Waals surface area contributed by atoms with Crippen molar-refractivity contribution >= 4 is 5.91 Å². The minimum atomic E-state index is -4.37. The first-order chi connectivity index (χ1) is 9.90. The fraction of sp³-hybridized carbons (Fsp3) is 0.933. The van der Waals surface area contributed by atoms with E-state index in [-0.39, 0.29) is 30.5 Å². The van der Waals surface area contributed by atoms with Crippen molar-refractivity contribution in [2.45, 2.75) is 46.3 Å². The van der Waals surface area contributed by atoms with E-state index in [9.17, 15) is 18.0 Å². The predicted molar refractivity (Wildman–Crippen MR) is 80.3 cm³/mol. The molecule has 1 aliphatic rings. The van der Waals surface area contributed by atoms with Crippen LogP contribution in [0.1, 0.15) is 34.1 Å². The van der Waals surface area contributed by atoms with Gasteiger partial charge in [0.1, 0.15) is 6.54 Å². The molecule has 2 N–H and O–H groups in total. The normalized spacial score (nSPS) is 22.9. The van der Waals surface area contributed by atoms with Gasteiger partial charge in [0.05, 0.1) is 6.54 Å². The van der Waals surface area contributed by atoms with E-state index in [1.807, 2.05) is 18.7 Å². The number of likely N-dealkylation sites (tertiary alicyclic amines) is 1. The van der Waals surface area contributed by atoms with Gasteiger partial charge < -0.3 is 10.6 Å². The number of halogens is 3. The lowest BCUT2D eigenvalue weighted by Crippen LogP contribution is -2.55. The van der Waals surface area contributed by atoms with E-state index in [4.69, 9.17) is 5.73 Å². The Kier molecular flexibility index (Phi) is 6.27. The molecule has 1 unspecified atom stereocenters. The average molecular weight is 323 g/mol. The Morgan fingerprint density at radius 3 is 2.45 bits per heavy atom. The lowest BCUT2D eigenvalue weighted by molar-refractivity contribution is -0.163. The fourth-order valence-corrected chi connectivity index (χ4v) is 2.82. The molecular weight excluding hydrogens is 295 g/mol. The highest BCUT2D eigenvalue weighted by molar-refractivity contribution is 5.78. The van der Waals surface area contributed by atoms with Crippen molar-refractivity contribution in [1.82, 2.24) is 9.80 Å². The molecule has 130 valence electrons. The summed E-state index contributed by atoms with van der Waals surface area (Å²) in [6, 6.07) is 0.0563. The molecule has 1 heterocycles. The molecule has 4 nitrogen and oxygen atoms in total. The second-order valence-corrected chi connectivity index (χ2v) is 7.38. The maximum absolute atomic E-state index is 12.6. The number of nitrogens with two attached hydrogens (primary N) is 1. The van der Waals surface area contributed by atoms with Gasteiger partial charge in [-0.15, -0.1) is 0 Å². The molecular formula is C15H28F3N3O. The first-order valence-corrected chi connectivity index (χ1v) is 7.73. The topological polar surface area (TPSA) is 49.6 Å². The molecule has 7 heteroatoms. The van der Waals surface area contributed by atoms with Gasteiger partial charge in [-0.3, -0.25) is 9.69 Å². The lowest BCUT2D eigenvalue weighted by Gasteiger charge is -2.42. The van der Waals surface area contributed by atoms with Crippen LogP contribution in [0.4, 0.5) is 13.2 Å². The Hall–Kier alpha value is -0.820. The molecule has 1 amide bonds. The molecule has 0 aromatic carbocycles. The Bertz CT molecular complexity index is 383. The maximum Gasteiger partial charge on any atom is 0.406 e. The predicted octanol–water partition coefficient (Wildman–Crippen LogP) is 2.09. The van der Waals surface area contributed by atoms with Crippen LogP contribution >= 0.6 is 0 Å². The van der Waals surface area contributed by atoms with Gasteiger partial charge >= 0.3 is 6.18 Å². The maximum atomic E-state index is 12.6. The lowest BCUT2D eigenvalue weighted by atomic mass is 9.80. The van der Waals surface area contributed by atoms with E-state index in [2.05, 4.69) is 0 Å². The number of amides is 1. The van der Waals surface area contributed by atoms with Gasteiger partial charge in [-0.25, -0.2) is 0 Å². The first kappa shape index (κ1) is 19.2. The average Bonchev–Trinajstić information content (AvgIpc) is 2.30.